The standard InChI is InChI=1S/C22H22N4O/c27-22-19-10-6-12-25(19)20-15-24(14-18-9-4-5-11-23-18)16-21(20)26(22)13-17-7-2-1-3-8-17/h1-12,20-21H,13-16H2/t20-,21-/m0/s1. The number of fused-ring (bicyclic) bond motifs is 3. The summed E-state index contributed by atoms with van der Waals surface area (Å²) < 4.78 is 2.17. The third kappa shape index (κ3) is 2.94. The number of amides is 1. The summed E-state index contributed by atoms with van der Waals surface area (Å²) in [5, 5.41) is 0. The van der Waals surface area contributed by atoms with E-state index in [1.807, 2.05) is 48.7 Å². The lowest BCUT2D eigenvalue weighted by Gasteiger charge is -2.38. The fraction of sp³-hybridized carbons (Fsp3) is 0.273. The topological polar surface area (TPSA) is 41.4 Å². The Kier molecular flexibility index (Phi) is 4.02. The summed E-state index contributed by atoms with van der Waals surface area (Å²) in [6.45, 7) is 3.28. The molecular weight excluding hydrogens is 336 g/mol. The fourth-order valence-electron chi connectivity index (χ4n) is 4.41. The van der Waals surface area contributed by atoms with Gasteiger partial charge >= 0.3 is 0 Å². The van der Waals surface area contributed by atoms with Gasteiger partial charge in [0.1, 0.15) is 5.69 Å². The molecule has 5 heteroatoms. The molecule has 2 aliphatic rings. The van der Waals surface area contributed by atoms with E-state index in [-0.39, 0.29) is 11.9 Å². The zero-order valence-electron chi connectivity index (χ0n) is 15.1. The molecule has 0 unspecified atom stereocenters. The van der Waals surface area contributed by atoms with Gasteiger partial charge in [0.2, 0.25) is 0 Å². The van der Waals surface area contributed by atoms with Gasteiger partial charge in [-0.1, -0.05) is 36.4 Å². The molecule has 1 aromatic carbocycles. The van der Waals surface area contributed by atoms with Crippen LogP contribution in [0.25, 0.3) is 0 Å². The Labute approximate surface area is 158 Å². The first-order valence-electron chi connectivity index (χ1n) is 9.43. The number of pyridine rings is 1. The predicted molar refractivity (Wildman–Crippen MR) is 103 cm³/mol. The number of hydrogen-bond acceptors (Lipinski definition) is 3. The van der Waals surface area contributed by atoms with Crippen molar-refractivity contribution in [2.24, 2.45) is 0 Å². The van der Waals surface area contributed by atoms with Crippen LogP contribution in [0.4, 0.5) is 0 Å². The van der Waals surface area contributed by atoms with Crippen LogP contribution in [-0.2, 0) is 13.1 Å². The van der Waals surface area contributed by atoms with Crippen LogP contribution in [-0.4, -0.2) is 44.4 Å². The molecule has 0 saturated carbocycles. The molecule has 3 aromatic rings. The van der Waals surface area contributed by atoms with Gasteiger partial charge in [0.15, 0.2) is 0 Å². The number of hydrogen-bond donors (Lipinski definition) is 0. The largest absolute Gasteiger partial charge is 0.337 e. The van der Waals surface area contributed by atoms with E-state index >= 15 is 0 Å². The van der Waals surface area contributed by atoms with Gasteiger partial charge in [-0.05, 0) is 29.8 Å². The maximum Gasteiger partial charge on any atom is 0.271 e. The van der Waals surface area contributed by atoms with E-state index in [2.05, 4.69) is 43.7 Å². The van der Waals surface area contributed by atoms with Gasteiger partial charge in [-0.25, -0.2) is 0 Å². The Balaban J connectivity index is 1.44. The molecule has 2 aromatic heterocycles. The lowest BCUT2D eigenvalue weighted by atomic mass is 10.0. The highest BCUT2D eigenvalue weighted by molar-refractivity contribution is 5.94. The number of carbonyl (C=O) groups is 1. The Bertz CT molecular complexity index is 937. The monoisotopic (exact) mass is 358 g/mol. The molecule has 1 saturated heterocycles. The highest BCUT2D eigenvalue weighted by Crippen LogP contribution is 2.35. The van der Waals surface area contributed by atoms with Crippen molar-refractivity contribution >= 4 is 5.91 Å². The van der Waals surface area contributed by atoms with Crippen LogP contribution >= 0.6 is 0 Å². The van der Waals surface area contributed by atoms with Crippen molar-refractivity contribution < 1.29 is 4.79 Å². The maximum atomic E-state index is 13.2. The SMILES string of the molecule is O=C1c2cccn2[C@H]2CN(Cc3ccccn3)C[C@@H]2N1Cc1ccccc1. The molecule has 2 atom stereocenters. The number of likely N-dealkylation sites (tertiary alicyclic amines) is 1. The van der Waals surface area contributed by atoms with Crippen LogP contribution in [0.2, 0.25) is 0 Å². The molecule has 1 amide bonds. The Morgan fingerprint density at radius 2 is 1.70 bits per heavy atom. The van der Waals surface area contributed by atoms with Gasteiger partial charge in [0.25, 0.3) is 5.91 Å². The minimum atomic E-state index is 0.129. The van der Waals surface area contributed by atoms with Gasteiger partial charge in [0.05, 0.1) is 17.8 Å². The summed E-state index contributed by atoms with van der Waals surface area (Å²) in [7, 11) is 0. The summed E-state index contributed by atoms with van der Waals surface area (Å²) >= 11 is 0. The van der Waals surface area contributed by atoms with Crippen molar-refractivity contribution in [3.8, 4) is 0 Å². The van der Waals surface area contributed by atoms with Crippen molar-refractivity contribution in [2.75, 3.05) is 13.1 Å². The van der Waals surface area contributed by atoms with E-state index in [1.54, 1.807) is 0 Å². The second kappa shape index (κ2) is 6.67. The van der Waals surface area contributed by atoms with Gasteiger partial charge in [-0.2, -0.15) is 0 Å². The second-order valence-electron chi connectivity index (χ2n) is 7.37. The van der Waals surface area contributed by atoms with Crippen LogP contribution in [0, 0.1) is 0 Å². The molecule has 0 spiro atoms. The highest BCUT2D eigenvalue weighted by Gasteiger charge is 2.44. The molecule has 0 N–H and O–H groups in total. The first kappa shape index (κ1) is 16.3. The minimum Gasteiger partial charge on any atom is -0.337 e. The summed E-state index contributed by atoms with van der Waals surface area (Å²) in [5.41, 5.74) is 3.05. The Morgan fingerprint density at radius 1 is 0.889 bits per heavy atom. The van der Waals surface area contributed by atoms with Crippen molar-refractivity contribution in [1.29, 1.82) is 0 Å². The first-order valence-corrected chi connectivity index (χ1v) is 9.43. The normalized spacial score (nSPS) is 21.9. The van der Waals surface area contributed by atoms with E-state index < -0.39 is 0 Å². The van der Waals surface area contributed by atoms with E-state index in [1.165, 1.54) is 5.56 Å². The molecule has 136 valence electrons. The molecule has 0 bridgehead atoms. The quantitative estimate of drug-likeness (QED) is 0.720. The molecule has 5 nitrogen and oxygen atoms in total. The van der Waals surface area contributed by atoms with Crippen LogP contribution in [0.3, 0.4) is 0 Å². The van der Waals surface area contributed by atoms with E-state index in [0.29, 0.717) is 12.6 Å². The number of rotatable bonds is 4. The van der Waals surface area contributed by atoms with Crippen molar-refractivity contribution in [2.45, 2.75) is 25.2 Å². The van der Waals surface area contributed by atoms with Crippen LogP contribution in [0.15, 0.2) is 73.1 Å². The zero-order valence-corrected chi connectivity index (χ0v) is 15.1. The summed E-state index contributed by atoms with van der Waals surface area (Å²) in [5.74, 6) is 0.129. The van der Waals surface area contributed by atoms with Crippen LogP contribution < -0.4 is 0 Å². The summed E-state index contributed by atoms with van der Waals surface area (Å²) in [4.78, 5) is 22.1. The zero-order chi connectivity index (χ0) is 18.2. The van der Waals surface area contributed by atoms with Gasteiger partial charge < -0.3 is 9.47 Å². The third-order valence-corrected chi connectivity index (χ3v) is 5.66. The highest BCUT2D eigenvalue weighted by atomic mass is 16.2. The lowest BCUT2D eigenvalue weighted by molar-refractivity contribution is 0.0556. The van der Waals surface area contributed by atoms with E-state index in [9.17, 15) is 4.79 Å². The second-order valence-corrected chi connectivity index (χ2v) is 7.37. The predicted octanol–water partition coefficient (Wildman–Crippen LogP) is 2.96. The van der Waals surface area contributed by atoms with Crippen LogP contribution in [0.1, 0.15) is 27.8 Å². The van der Waals surface area contributed by atoms with Gasteiger partial charge in [-0.3, -0.25) is 14.7 Å². The summed E-state index contributed by atoms with van der Waals surface area (Å²) in [6.07, 6.45) is 3.89. The average Bonchev–Trinajstić information content (AvgIpc) is 3.34. The van der Waals surface area contributed by atoms with Crippen LogP contribution in [0.5, 0.6) is 0 Å². The first-order chi connectivity index (χ1) is 13.3. The minimum absolute atomic E-state index is 0.129. The number of aromatic nitrogens is 2. The Hall–Kier alpha value is -2.92. The maximum absolute atomic E-state index is 13.2. The molecule has 0 aliphatic carbocycles. The van der Waals surface area contributed by atoms with Gasteiger partial charge in [-0.15, -0.1) is 0 Å². The number of benzene rings is 1. The number of carbonyl (C=O) groups excluding carboxylic acids is 1. The molecule has 5 rings (SSSR count). The summed E-state index contributed by atoms with van der Waals surface area (Å²) in [6, 6.07) is 20.7. The third-order valence-electron chi connectivity index (χ3n) is 5.66. The molecule has 1 fully saturated rings. The Morgan fingerprint density at radius 3 is 2.52 bits per heavy atom. The van der Waals surface area contributed by atoms with Crippen molar-refractivity contribution in [3.05, 3.63) is 90.0 Å². The van der Waals surface area contributed by atoms with Gasteiger partial charge in [0, 0.05) is 38.6 Å². The molecule has 4 heterocycles. The van der Waals surface area contributed by atoms with Crippen molar-refractivity contribution in [1.82, 2.24) is 19.4 Å². The van der Waals surface area contributed by atoms with Crippen molar-refractivity contribution in [3.63, 3.8) is 0 Å². The lowest BCUT2D eigenvalue weighted by Crippen LogP contribution is -2.49. The van der Waals surface area contributed by atoms with E-state index in [4.69, 9.17) is 0 Å². The fourth-order valence-corrected chi connectivity index (χ4v) is 4.41. The molecule has 2 aliphatic heterocycles. The smallest absolute Gasteiger partial charge is 0.271 e. The number of nitrogens with zero attached hydrogens (tertiary/aromatic N) is 4. The van der Waals surface area contributed by atoms with E-state index in [0.717, 1.165) is 31.0 Å². The molecule has 0 radical (unpaired) electrons. The molecular formula is C22H22N4O. The average molecular weight is 358 g/mol. The molecule has 27 heavy (non-hydrogen) atoms.